The summed E-state index contributed by atoms with van der Waals surface area (Å²) in [6, 6.07) is 8.36. The third-order valence-corrected chi connectivity index (χ3v) is 8.11. The van der Waals surface area contributed by atoms with E-state index in [1.54, 1.807) is 0 Å². The van der Waals surface area contributed by atoms with Crippen LogP contribution in [0.4, 0.5) is 11.4 Å². The lowest BCUT2D eigenvalue weighted by Gasteiger charge is -2.25. The van der Waals surface area contributed by atoms with Gasteiger partial charge in [0.05, 0.1) is 20.4 Å². The lowest BCUT2D eigenvalue weighted by molar-refractivity contribution is -0.384. The number of nitro benzene ring substituents is 1. The fourth-order valence-electron chi connectivity index (χ4n) is 2.98. The van der Waals surface area contributed by atoms with E-state index >= 15 is 0 Å². The molecule has 0 amide bonds. The van der Waals surface area contributed by atoms with E-state index in [4.69, 9.17) is 11.6 Å². The minimum atomic E-state index is -4.08. The van der Waals surface area contributed by atoms with Crippen molar-refractivity contribution in [3.8, 4) is 0 Å². The Morgan fingerprint density at radius 3 is 2.10 bits per heavy atom. The Labute approximate surface area is 173 Å². The zero-order chi connectivity index (χ0) is 21.2. The van der Waals surface area contributed by atoms with Crippen LogP contribution in [0.2, 0.25) is 5.02 Å². The van der Waals surface area contributed by atoms with Crippen LogP contribution in [0.3, 0.4) is 0 Å². The van der Waals surface area contributed by atoms with E-state index in [0.717, 1.165) is 25.3 Å². The highest BCUT2D eigenvalue weighted by molar-refractivity contribution is 7.92. The van der Waals surface area contributed by atoms with Gasteiger partial charge in [-0.3, -0.25) is 14.8 Å². The largest absolute Gasteiger partial charge is 0.289 e. The number of nitro groups is 1. The Morgan fingerprint density at radius 1 is 0.931 bits per heavy atom. The number of benzene rings is 2. The van der Waals surface area contributed by atoms with Crippen molar-refractivity contribution < 1.29 is 21.8 Å². The van der Waals surface area contributed by atoms with Crippen molar-refractivity contribution >= 4 is 43.0 Å². The van der Waals surface area contributed by atoms with Crippen molar-refractivity contribution in [3.63, 3.8) is 0 Å². The first kappa shape index (κ1) is 21.5. The molecule has 29 heavy (non-hydrogen) atoms. The molecule has 1 N–H and O–H groups in total. The molecule has 1 aliphatic heterocycles. The third-order valence-electron chi connectivity index (χ3n) is 4.48. The summed E-state index contributed by atoms with van der Waals surface area (Å²) in [6.07, 6.45) is 2.57. The molecule has 2 aromatic rings. The molecule has 0 radical (unpaired) electrons. The lowest BCUT2D eigenvalue weighted by Crippen LogP contribution is -2.35. The zero-order valence-corrected chi connectivity index (χ0v) is 17.5. The molecule has 2 aromatic carbocycles. The number of piperidine rings is 1. The molecule has 156 valence electrons. The Kier molecular flexibility index (Phi) is 6.13. The van der Waals surface area contributed by atoms with Gasteiger partial charge in [-0.15, -0.1) is 0 Å². The summed E-state index contributed by atoms with van der Waals surface area (Å²) < 4.78 is 54.0. The highest BCUT2D eigenvalue weighted by Gasteiger charge is 2.26. The number of nitrogens with zero attached hydrogens (tertiary/aromatic N) is 2. The number of hydrogen-bond donors (Lipinski definition) is 1. The van der Waals surface area contributed by atoms with Crippen LogP contribution >= 0.6 is 11.6 Å². The second-order valence-electron chi connectivity index (χ2n) is 6.46. The second kappa shape index (κ2) is 8.27. The van der Waals surface area contributed by atoms with Gasteiger partial charge >= 0.3 is 0 Å². The predicted octanol–water partition coefficient (Wildman–Crippen LogP) is 3.22. The summed E-state index contributed by atoms with van der Waals surface area (Å²) in [5.41, 5.74) is -0.471. The summed E-state index contributed by atoms with van der Waals surface area (Å²) in [7, 11) is -7.75. The number of rotatable bonds is 6. The van der Waals surface area contributed by atoms with Crippen LogP contribution in [0.15, 0.2) is 52.3 Å². The van der Waals surface area contributed by atoms with Gasteiger partial charge in [-0.25, -0.2) is 16.8 Å². The summed E-state index contributed by atoms with van der Waals surface area (Å²) in [6.45, 7) is 0.887. The monoisotopic (exact) mass is 459 g/mol. The van der Waals surface area contributed by atoms with Crippen LogP contribution in [0.5, 0.6) is 0 Å². The Bertz CT molecular complexity index is 1130. The van der Waals surface area contributed by atoms with Gasteiger partial charge in [0.25, 0.3) is 15.7 Å². The first-order valence-electron chi connectivity index (χ1n) is 8.68. The summed E-state index contributed by atoms with van der Waals surface area (Å²) in [4.78, 5) is 10.1. The van der Waals surface area contributed by atoms with E-state index in [1.165, 1.54) is 40.7 Å². The Balaban J connectivity index is 1.83. The Morgan fingerprint density at radius 2 is 1.52 bits per heavy atom. The Hall–Kier alpha value is -2.21. The average Bonchev–Trinajstić information content (AvgIpc) is 2.70. The molecule has 0 bridgehead atoms. The number of sulfonamides is 2. The zero-order valence-electron chi connectivity index (χ0n) is 15.1. The average molecular weight is 460 g/mol. The van der Waals surface area contributed by atoms with Gasteiger partial charge in [-0.1, -0.05) is 18.0 Å². The first-order chi connectivity index (χ1) is 13.6. The standard InChI is InChI=1S/C17H18ClN3O6S2/c18-16-9-4-13(12-17(16)21(22)23)19-28(24,25)14-5-7-15(8-6-14)29(26,27)20-10-2-1-3-11-20/h4-9,12,19H,1-3,10-11H2. The summed E-state index contributed by atoms with van der Waals surface area (Å²) >= 11 is 5.72. The van der Waals surface area contributed by atoms with Gasteiger partial charge in [0.2, 0.25) is 10.0 Å². The highest BCUT2D eigenvalue weighted by Crippen LogP contribution is 2.29. The van der Waals surface area contributed by atoms with Gasteiger partial charge in [0.15, 0.2) is 0 Å². The fourth-order valence-corrected chi connectivity index (χ4v) is 5.73. The molecule has 1 fully saturated rings. The van der Waals surface area contributed by atoms with E-state index in [1.807, 2.05) is 0 Å². The van der Waals surface area contributed by atoms with Gasteiger partial charge in [0.1, 0.15) is 5.02 Å². The van der Waals surface area contributed by atoms with Gasteiger partial charge in [-0.05, 0) is 49.2 Å². The van der Waals surface area contributed by atoms with Crippen LogP contribution in [-0.2, 0) is 20.0 Å². The van der Waals surface area contributed by atoms with Crippen LogP contribution in [0, 0.1) is 10.1 Å². The lowest BCUT2D eigenvalue weighted by atomic mass is 10.2. The maximum absolute atomic E-state index is 12.7. The highest BCUT2D eigenvalue weighted by atomic mass is 35.5. The molecule has 0 unspecified atom stereocenters. The molecule has 12 heteroatoms. The van der Waals surface area contributed by atoms with E-state index in [2.05, 4.69) is 4.72 Å². The van der Waals surface area contributed by atoms with Crippen molar-refractivity contribution in [3.05, 3.63) is 57.6 Å². The van der Waals surface area contributed by atoms with Crippen LogP contribution in [-0.4, -0.2) is 39.2 Å². The molecule has 0 atom stereocenters. The van der Waals surface area contributed by atoms with E-state index in [-0.39, 0.29) is 20.5 Å². The minimum Gasteiger partial charge on any atom is -0.279 e. The third kappa shape index (κ3) is 4.69. The van der Waals surface area contributed by atoms with Crippen molar-refractivity contribution in [2.75, 3.05) is 17.8 Å². The van der Waals surface area contributed by atoms with E-state index in [0.29, 0.717) is 13.1 Å². The van der Waals surface area contributed by atoms with Crippen molar-refractivity contribution in [2.24, 2.45) is 0 Å². The molecule has 1 heterocycles. The molecular weight excluding hydrogens is 442 g/mol. The van der Waals surface area contributed by atoms with Gasteiger partial charge in [-0.2, -0.15) is 4.31 Å². The summed E-state index contributed by atoms with van der Waals surface area (Å²) in [5.74, 6) is 0. The van der Waals surface area contributed by atoms with Crippen LogP contribution in [0.25, 0.3) is 0 Å². The smallest absolute Gasteiger partial charge is 0.279 e. The van der Waals surface area contributed by atoms with E-state index in [9.17, 15) is 26.9 Å². The number of hydrogen-bond acceptors (Lipinski definition) is 6. The fraction of sp³-hybridized carbons (Fsp3) is 0.294. The van der Waals surface area contributed by atoms with Crippen LogP contribution < -0.4 is 4.72 Å². The molecule has 0 saturated carbocycles. The van der Waals surface area contributed by atoms with E-state index < -0.39 is 30.7 Å². The molecule has 9 nitrogen and oxygen atoms in total. The molecule has 3 rings (SSSR count). The van der Waals surface area contributed by atoms with Crippen molar-refractivity contribution in [1.82, 2.24) is 4.31 Å². The summed E-state index contributed by atoms with van der Waals surface area (Å²) in [5, 5.41) is 10.8. The van der Waals surface area contributed by atoms with Crippen molar-refractivity contribution in [2.45, 2.75) is 29.1 Å². The van der Waals surface area contributed by atoms with Crippen molar-refractivity contribution in [1.29, 1.82) is 0 Å². The maximum Gasteiger partial charge on any atom is 0.289 e. The number of halogens is 1. The normalized spacial score (nSPS) is 15.8. The molecule has 0 spiro atoms. The quantitative estimate of drug-likeness (QED) is 0.522. The number of anilines is 1. The molecule has 1 aliphatic rings. The number of nitrogens with one attached hydrogen (secondary N) is 1. The van der Waals surface area contributed by atoms with Crippen LogP contribution in [0.1, 0.15) is 19.3 Å². The van der Waals surface area contributed by atoms with Gasteiger partial charge in [0, 0.05) is 19.2 Å². The first-order valence-corrected chi connectivity index (χ1v) is 12.0. The SMILES string of the molecule is O=[N+]([O-])c1cc(NS(=O)(=O)c2ccc(S(=O)(=O)N3CCCCC3)cc2)ccc1Cl. The minimum absolute atomic E-state index is 0.0143. The molecular formula is C17H18ClN3O6S2. The molecule has 0 aromatic heterocycles. The molecule has 0 aliphatic carbocycles. The topological polar surface area (TPSA) is 127 Å². The predicted molar refractivity (Wildman–Crippen MR) is 108 cm³/mol. The molecule has 1 saturated heterocycles. The van der Waals surface area contributed by atoms with Gasteiger partial charge < -0.3 is 0 Å². The maximum atomic E-state index is 12.7. The second-order valence-corrected chi connectivity index (χ2v) is 10.5.